The van der Waals surface area contributed by atoms with E-state index in [1.807, 2.05) is 30.0 Å². The molecule has 0 N–H and O–H groups in total. The Morgan fingerprint density at radius 1 is 1.19 bits per heavy atom. The Bertz CT molecular complexity index is 862. The number of hydrogen-bond acceptors (Lipinski definition) is 5. The summed E-state index contributed by atoms with van der Waals surface area (Å²) in [5.41, 5.74) is 2.37. The smallest absolute Gasteiger partial charge is 0.336 e. The zero-order chi connectivity index (χ0) is 18.1. The molecule has 26 heavy (non-hydrogen) atoms. The second-order valence-electron chi connectivity index (χ2n) is 7.19. The quantitative estimate of drug-likeness (QED) is 0.787. The number of ether oxygens (including phenoxy) is 1. The fourth-order valence-electron chi connectivity index (χ4n) is 3.81. The Kier molecular flexibility index (Phi) is 4.78. The van der Waals surface area contributed by atoms with Crippen LogP contribution in [0.15, 0.2) is 33.5 Å². The molecule has 6 heteroatoms. The van der Waals surface area contributed by atoms with Gasteiger partial charge in [0.2, 0.25) is 0 Å². The highest BCUT2D eigenvalue weighted by atomic mass is 16.5. The van der Waals surface area contributed by atoms with Gasteiger partial charge >= 0.3 is 5.63 Å². The molecule has 2 aliphatic rings. The van der Waals surface area contributed by atoms with E-state index in [1.54, 1.807) is 6.07 Å². The van der Waals surface area contributed by atoms with Crippen molar-refractivity contribution >= 4 is 16.9 Å². The van der Waals surface area contributed by atoms with Crippen molar-refractivity contribution in [2.45, 2.75) is 32.4 Å². The third-order valence-electron chi connectivity index (χ3n) is 5.27. The Morgan fingerprint density at radius 2 is 2.00 bits per heavy atom. The maximum atomic E-state index is 12.4. The molecule has 2 saturated heterocycles. The minimum atomic E-state index is -0.315. The summed E-state index contributed by atoms with van der Waals surface area (Å²) in [7, 11) is 0. The van der Waals surface area contributed by atoms with E-state index in [-0.39, 0.29) is 17.6 Å². The molecule has 0 bridgehead atoms. The van der Waals surface area contributed by atoms with Crippen molar-refractivity contribution < 1.29 is 13.9 Å². The number of piperazine rings is 1. The molecule has 0 radical (unpaired) electrons. The van der Waals surface area contributed by atoms with Crippen molar-refractivity contribution in [2.75, 3.05) is 32.8 Å². The predicted molar refractivity (Wildman–Crippen MR) is 98.1 cm³/mol. The average Bonchev–Trinajstić information content (AvgIpc) is 3.16. The van der Waals surface area contributed by atoms with Gasteiger partial charge in [-0.2, -0.15) is 0 Å². The molecule has 1 amide bonds. The highest BCUT2D eigenvalue weighted by Crippen LogP contribution is 2.21. The van der Waals surface area contributed by atoms with Gasteiger partial charge in [-0.3, -0.25) is 9.69 Å². The SMILES string of the molecule is Cc1ccc2c(CN3CCN(C(=O)C4CCCO4)CC3)cc(=O)oc2c1. The number of fused-ring (bicyclic) bond motifs is 1. The minimum Gasteiger partial charge on any atom is -0.423 e. The molecule has 2 aliphatic heterocycles. The summed E-state index contributed by atoms with van der Waals surface area (Å²) in [5, 5.41) is 0.980. The maximum absolute atomic E-state index is 12.4. The molecule has 1 atom stereocenters. The van der Waals surface area contributed by atoms with E-state index in [9.17, 15) is 9.59 Å². The van der Waals surface area contributed by atoms with Crippen LogP contribution in [0.25, 0.3) is 11.0 Å². The highest BCUT2D eigenvalue weighted by molar-refractivity contribution is 5.81. The van der Waals surface area contributed by atoms with E-state index in [0.29, 0.717) is 31.8 Å². The van der Waals surface area contributed by atoms with Gasteiger partial charge in [0.25, 0.3) is 5.91 Å². The first-order chi connectivity index (χ1) is 12.6. The van der Waals surface area contributed by atoms with E-state index in [1.165, 1.54) is 0 Å². The molecular formula is C20H24N2O4. The second-order valence-corrected chi connectivity index (χ2v) is 7.19. The first-order valence-corrected chi connectivity index (χ1v) is 9.26. The Hall–Kier alpha value is -2.18. The first kappa shape index (κ1) is 17.2. The number of amides is 1. The topological polar surface area (TPSA) is 63.0 Å². The van der Waals surface area contributed by atoms with Gasteiger partial charge in [0.1, 0.15) is 11.7 Å². The van der Waals surface area contributed by atoms with Gasteiger partial charge in [-0.15, -0.1) is 0 Å². The molecule has 0 saturated carbocycles. The third kappa shape index (κ3) is 3.52. The van der Waals surface area contributed by atoms with Gasteiger partial charge in [-0.1, -0.05) is 12.1 Å². The van der Waals surface area contributed by atoms with Gasteiger partial charge in [0, 0.05) is 50.8 Å². The van der Waals surface area contributed by atoms with Crippen LogP contribution in [-0.4, -0.2) is 54.6 Å². The summed E-state index contributed by atoms with van der Waals surface area (Å²) in [5.74, 6) is 0.128. The van der Waals surface area contributed by atoms with Gasteiger partial charge in [0.05, 0.1) is 0 Å². The lowest BCUT2D eigenvalue weighted by Gasteiger charge is -2.35. The molecule has 1 unspecified atom stereocenters. The monoisotopic (exact) mass is 356 g/mol. The van der Waals surface area contributed by atoms with Crippen molar-refractivity contribution in [1.29, 1.82) is 0 Å². The maximum Gasteiger partial charge on any atom is 0.336 e. The summed E-state index contributed by atoms with van der Waals surface area (Å²) in [6.45, 7) is 6.37. The largest absolute Gasteiger partial charge is 0.423 e. The van der Waals surface area contributed by atoms with Gasteiger partial charge in [-0.05, 0) is 37.0 Å². The van der Waals surface area contributed by atoms with Crippen LogP contribution < -0.4 is 5.63 Å². The summed E-state index contributed by atoms with van der Waals surface area (Å²) in [6, 6.07) is 7.53. The number of aryl methyl sites for hydroxylation is 1. The van der Waals surface area contributed by atoms with Crippen LogP contribution in [-0.2, 0) is 16.1 Å². The number of rotatable bonds is 3. The minimum absolute atomic E-state index is 0.128. The van der Waals surface area contributed by atoms with Crippen LogP contribution in [0.3, 0.4) is 0 Å². The van der Waals surface area contributed by atoms with Gasteiger partial charge < -0.3 is 14.1 Å². The number of hydrogen-bond donors (Lipinski definition) is 0. The molecule has 3 heterocycles. The number of carbonyl (C=O) groups is 1. The summed E-state index contributed by atoms with van der Waals surface area (Å²) >= 11 is 0. The lowest BCUT2D eigenvalue weighted by atomic mass is 10.1. The van der Waals surface area contributed by atoms with Gasteiger partial charge in [0.15, 0.2) is 0 Å². The fourth-order valence-corrected chi connectivity index (χ4v) is 3.81. The molecule has 0 spiro atoms. The van der Waals surface area contributed by atoms with Crippen LogP contribution in [0.2, 0.25) is 0 Å². The van der Waals surface area contributed by atoms with Gasteiger partial charge in [-0.25, -0.2) is 4.79 Å². The van der Waals surface area contributed by atoms with Crippen molar-refractivity contribution in [2.24, 2.45) is 0 Å². The van der Waals surface area contributed by atoms with Crippen LogP contribution in [0, 0.1) is 6.92 Å². The first-order valence-electron chi connectivity index (χ1n) is 9.26. The molecule has 4 rings (SSSR count). The van der Waals surface area contributed by atoms with Crippen LogP contribution in [0.4, 0.5) is 0 Å². The molecular weight excluding hydrogens is 332 g/mol. The lowest BCUT2D eigenvalue weighted by Crippen LogP contribution is -2.51. The van der Waals surface area contributed by atoms with Crippen molar-refractivity contribution in [3.8, 4) is 0 Å². The van der Waals surface area contributed by atoms with Crippen molar-refractivity contribution in [1.82, 2.24) is 9.80 Å². The Morgan fingerprint density at radius 3 is 2.73 bits per heavy atom. The molecule has 2 aromatic rings. The van der Waals surface area contributed by atoms with Crippen LogP contribution in [0.5, 0.6) is 0 Å². The normalized spacial score (nSPS) is 21.4. The van der Waals surface area contributed by atoms with E-state index in [0.717, 1.165) is 42.4 Å². The molecule has 138 valence electrons. The van der Waals surface area contributed by atoms with E-state index >= 15 is 0 Å². The summed E-state index contributed by atoms with van der Waals surface area (Å²) in [6.07, 6.45) is 1.57. The van der Waals surface area contributed by atoms with Crippen LogP contribution in [0.1, 0.15) is 24.0 Å². The molecule has 0 aliphatic carbocycles. The van der Waals surface area contributed by atoms with Crippen molar-refractivity contribution in [3.05, 3.63) is 45.8 Å². The molecule has 1 aromatic carbocycles. The highest BCUT2D eigenvalue weighted by Gasteiger charge is 2.30. The second kappa shape index (κ2) is 7.21. The van der Waals surface area contributed by atoms with Crippen molar-refractivity contribution in [3.63, 3.8) is 0 Å². The average molecular weight is 356 g/mol. The predicted octanol–water partition coefficient (Wildman–Crippen LogP) is 1.92. The fraction of sp³-hybridized carbons (Fsp3) is 0.500. The Labute approximate surface area is 152 Å². The van der Waals surface area contributed by atoms with E-state index < -0.39 is 0 Å². The lowest BCUT2D eigenvalue weighted by molar-refractivity contribution is -0.142. The Balaban J connectivity index is 1.44. The zero-order valence-electron chi connectivity index (χ0n) is 15.1. The number of benzene rings is 1. The third-order valence-corrected chi connectivity index (χ3v) is 5.27. The molecule has 6 nitrogen and oxygen atoms in total. The standard InChI is InChI=1S/C20H24N2O4/c1-14-4-5-16-15(12-19(23)26-18(16)11-14)13-21-6-8-22(9-7-21)20(24)17-3-2-10-25-17/h4-5,11-12,17H,2-3,6-10,13H2,1H3. The molecule has 2 fully saturated rings. The zero-order valence-corrected chi connectivity index (χ0v) is 15.1. The molecule has 1 aromatic heterocycles. The van der Waals surface area contributed by atoms with E-state index in [4.69, 9.17) is 9.15 Å². The van der Waals surface area contributed by atoms with Crippen LogP contribution >= 0.6 is 0 Å². The number of nitrogens with zero attached hydrogens (tertiary/aromatic N) is 2. The summed E-state index contributed by atoms with van der Waals surface area (Å²) < 4.78 is 10.8. The number of carbonyl (C=O) groups excluding carboxylic acids is 1. The van der Waals surface area contributed by atoms with E-state index in [2.05, 4.69) is 4.90 Å². The summed E-state index contributed by atoms with van der Waals surface area (Å²) in [4.78, 5) is 28.5.